The van der Waals surface area contributed by atoms with Gasteiger partial charge in [0.1, 0.15) is 22.2 Å². The lowest BCUT2D eigenvalue weighted by Crippen LogP contribution is -2.32. The molecule has 0 aliphatic rings. The topological polar surface area (TPSA) is 63.5 Å². The van der Waals surface area contributed by atoms with Crippen LogP contribution in [0, 0.1) is 11.6 Å². The van der Waals surface area contributed by atoms with E-state index in [2.05, 4.69) is 10.3 Å². The summed E-state index contributed by atoms with van der Waals surface area (Å²) < 4.78 is 28.5. The Labute approximate surface area is 143 Å². The van der Waals surface area contributed by atoms with Crippen molar-refractivity contribution >= 4 is 34.0 Å². The van der Waals surface area contributed by atoms with Crippen LogP contribution in [0.3, 0.4) is 0 Å². The van der Waals surface area contributed by atoms with Crippen LogP contribution in [0.1, 0.15) is 15.9 Å². The molecule has 24 heavy (non-hydrogen) atoms. The van der Waals surface area contributed by atoms with Crippen molar-refractivity contribution in [3.63, 3.8) is 0 Å². The first-order chi connectivity index (χ1) is 11.5. The quantitative estimate of drug-likeness (QED) is 0.569. The molecule has 3 aromatic rings. The summed E-state index contributed by atoms with van der Waals surface area (Å²) in [5, 5.41) is 4.34. The van der Waals surface area contributed by atoms with Crippen LogP contribution in [0.5, 0.6) is 0 Å². The molecule has 0 radical (unpaired) electrons. The first-order valence-electron chi connectivity index (χ1n) is 6.78. The smallest absolute Gasteiger partial charge is 0.272 e. The van der Waals surface area contributed by atoms with E-state index in [1.54, 1.807) is 11.6 Å². The number of aromatic nitrogens is 2. The van der Waals surface area contributed by atoms with Crippen molar-refractivity contribution in [2.75, 3.05) is 6.26 Å². The van der Waals surface area contributed by atoms with Gasteiger partial charge in [-0.15, -0.1) is 23.1 Å². The molecular formula is C15H11F2N3O2S2. The normalized spacial score (nSPS) is 11.0. The van der Waals surface area contributed by atoms with Gasteiger partial charge in [-0.25, -0.2) is 13.8 Å². The zero-order valence-corrected chi connectivity index (χ0v) is 14.0. The summed E-state index contributed by atoms with van der Waals surface area (Å²) in [6, 6.07) is 3.44. The van der Waals surface area contributed by atoms with E-state index in [-0.39, 0.29) is 22.7 Å². The Hall–Kier alpha value is -2.26. The van der Waals surface area contributed by atoms with Crippen LogP contribution in [0.2, 0.25) is 0 Å². The molecule has 2 aromatic heterocycles. The predicted molar refractivity (Wildman–Crippen MR) is 88.6 cm³/mol. The standard InChI is InChI=1S/C15H11F2N3O2S2/c1-23-13-11(14(22)20-5-6-24-15(20)19-13)12(21)18-7-8-9(16)3-2-4-10(8)17/h2-6H,7H2,1H3,(H,18,21). The molecule has 5 nitrogen and oxygen atoms in total. The largest absolute Gasteiger partial charge is 0.347 e. The van der Waals surface area contributed by atoms with E-state index in [0.717, 1.165) is 23.9 Å². The molecule has 0 unspecified atom stereocenters. The second-order valence-electron chi connectivity index (χ2n) is 4.74. The SMILES string of the molecule is CSc1nc2sccn2c(=O)c1C(=O)NCc1c(F)cccc1F. The van der Waals surface area contributed by atoms with Crippen molar-refractivity contribution in [3.05, 3.63) is 62.9 Å². The molecule has 0 aliphatic heterocycles. The van der Waals surface area contributed by atoms with Crippen molar-refractivity contribution in [2.45, 2.75) is 11.6 Å². The molecule has 0 saturated heterocycles. The number of thiazole rings is 1. The minimum atomic E-state index is -0.761. The number of carbonyl (C=O) groups is 1. The van der Waals surface area contributed by atoms with E-state index in [9.17, 15) is 18.4 Å². The number of thioether (sulfide) groups is 1. The van der Waals surface area contributed by atoms with E-state index in [1.807, 2.05) is 0 Å². The fourth-order valence-electron chi connectivity index (χ4n) is 2.16. The van der Waals surface area contributed by atoms with Gasteiger partial charge >= 0.3 is 0 Å². The van der Waals surface area contributed by atoms with Crippen molar-refractivity contribution in [2.24, 2.45) is 0 Å². The lowest BCUT2D eigenvalue weighted by Gasteiger charge is -2.09. The Kier molecular flexibility index (Phi) is 4.63. The van der Waals surface area contributed by atoms with Gasteiger partial charge in [-0.3, -0.25) is 14.0 Å². The second kappa shape index (κ2) is 6.70. The predicted octanol–water partition coefficient (Wildman–Crippen LogP) is 2.69. The van der Waals surface area contributed by atoms with E-state index in [1.165, 1.54) is 28.0 Å². The van der Waals surface area contributed by atoms with Crippen molar-refractivity contribution in [1.29, 1.82) is 0 Å². The van der Waals surface area contributed by atoms with Crippen molar-refractivity contribution < 1.29 is 13.6 Å². The van der Waals surface area contributed by atoms with Crippen LogP contribution in [0.15, 0.2) is 39.6 Å². The maximum Gasteiger partial charge on any atom is 0.272 e. The number of halogens is 2. The Morgan fingerprint density at radius 1 is 1.38 bits per heavy atom. The summed E-state index contributed by atoms with van der Waals surface area (Å²) in [7, 11) is 0. The van der Waals surface area contributed by atoms with Gasteiger partial charge in [-0.2, -0.15) is 0 Å². The number of nitrogens with one attached hydrogen (secondary N) is 1. The monoisotopic (exact) mass is 367 g/mol. The van der Waals surface area contributed by atoms with E-state index in [4.69, 9.17) is 0 Å². The molecule has 0 bridgehead atoms. The number of amides is 1. The van der Waals surface area contributed by atoms with Crippen LogP contribution in [0.4, 0.5) is 8.78 Å². The number of carbonyl (C=O) groups excluding carboxylic acids is 1. The average molecular weight is 367 g/mol. The van der Waals surface area contributed by atoms with Gasteiger partial charge in [-0.05, 0) is 18.4 Å². The van der Waals surface area contributed by atoms with E-state index >= 15 is 0 Å². The molecule has 0 atom stereocenters. The maximum atomic E-state index is 13.6. The Bertz CT molecular complexity index is 964. The minimum Gasteiger partial charge on any atom is -0.347 e. The number of benzene rings is 1. The van der Waals surface area contributed by atoms with E-state index < -0.39 is 23.1 Å². The second-order valence-corrected chi connectivity index (χ2v) is 6.41. The highest BCUT2D eigenvalue weighted by Gasteiger charge is 2.20. The average Bonchev–Trinajstić information content (AvgIpc) is 3.02. The minimum absolute atomic E-state index is 0.143. The van der Waals surface area contributed by atoms with Crippen LogP contribution in [0.25, 0.3) is 4.96 Å². The third-order valence-corrected chi connectivity index (χ3v) is 4.78. The van der Waals surface area contributed by atoms with Crippen LogP contribution < -0.4 is 10.9 Å². The number of hydrogen-bond donors (Lipinski definition) is 1. The lowest BCUT2D eigenvalue weighted by atomic mass is 10.2. The van der Waals surface area contributed by atoms with Gasteiger partial charge in [0.25, 0.3) is 11.5 Å². The number of nitrogens with zero attached hydrogens (tertiary/aromatic N) is 2. The Balaban J connectivity index is 1.94. The van der Waals surface area contributed by atoms with Gasteiger partial charge < -0.3 is 5.32 Å². The van der Waals surface area contributed by atoms with Crippen molar-refractivity contribution in [3.8, 4) is 0 Å². The zero-order valence-electron chi connectivity index (χ0n) is 12.4. The molecule has 3 rings (SSSR count). The van der Waals surface area contributed by atoms with Gasteiger partial charge in [0.15, 0.2) is 4.96 Å². The van der Waals surface area contributed by atoms with Gasteiger partial charge in [0.05, 0.1) is 0 Å². The van der Waals surface area contributed by atoms with Gasteiger partial charge in [0, 0.05) is 23.7 Å². The first kappa shape index (κ1) is 16.6. The highest BCUT2D eigenvalue weighted by Crippen LogP contribution is 2.18. The molecule has 0 fully saturated rings. The van der Waals surface area contributed by atoms with Gasteiger partial charge in [-0.1, -0.05) is 6.07 Å². The molecule has 0 aliphatic carbocycles. The van der Waals surface area contributed by atoms with Crippen LogP contribution in [-0.2, 0) is 6.54 Å². The molecule has 1 amide bonds. The summed E-state index contributed by atoms with van der Waals surface area (Å²) >= 11 is 2.43. The Morgan fingerprint density at radius 2 is 2.08 bits per heavy atom. The number of rotatable bonds is 4. The number of fused-ring (bicyclic) bond motifs is 1. The summed E-state index contributed by atoms with van der Waals surface area (Å²) in [5.41, 5.74) is -0.923. The molecule has 0 saturated carbocycles. The summed E-state index contributed by atoms with van der Waals surface area (Å²) in [6.07, 6.45) is 3.21. The number of hydrogen-bond acceptors (Lipinski definition) is 5. The molecule has 0 spiro atoms. The van der Waals surface area contributed by atoms with E-state index in [0.29, 0.717) is 4.96 Å². The molecule has 124 valence electrons. The highest BCUT2D eigenvalue weighted by molar-refractivity contribution is 7.98. The molecule has 2 heterocycles. The summed E-state index contributed by atoms with van der Waals surface area (Å²) in [5.74, 6) is -2.24. The fourth-order valence-corrected chi connectivity index (χ4v) is 3.49. The molecule has 9 heteroatoms. The Morgan fingerprint density at radius 3 is 2.75 bits per heavy atom. The van der Waals surface area contributed by atoms with Crippen LogP contribution >= 0.6 is 23.1 Å². The maximum absolute atomic E-state index is 13.6. The third kappa shape index (κ3) is 2.92. The molecular weight excluding hydrogens is 356 g/mol. The molecule has 1 N–H and O–H groups in total. The summed E-state index contributed by atoms with van der Waals surface area (Å²) in [4.78, 5) is 29.6. The van der Waals surface area contributed by atoms with Crippen molar-refractivity contribution in [1.82, 2.24) is 14.7 Å². The lowest BCUT2D eigenvalue weighted by molar-refractivity contribution is 0.0945. The highest BCUT2D eigenvalue weighted by atomic mass is 32.2. The van der Waals surface area contributed by atoms with Crippen LogP contribution in [-0.4, -0.2) is 21.5 Å². The first-order valence-corrected chi connectivity index (χ1v) is 8.88. The summed E-state index contributed by atoms with van der Waals surface area (Å²) in [6.45, 7) is -0.364. The fraction of sp³-hybridized carbons (Fsp3) is 0.133. The molecule has 1 aromatic carbocycles. The van der Waals surface area contributed by atoms with Gasteiger partial charge in [0.2, 0.25) is 0 Å². The zero-order chi connectivity index (χ0) is 17.3. The third-order valence-electron chi connectivity index (χ3n) is 3.34.